The number of aryl methyl sites for hydroxylation is 1. The average Bonchev–Trinajstić information content (AvgIpc) is 3.22. The monoisotopic (exact) mass is 511 g/mol. The fourth-order valence-electron chi connectivity index (χ4n) is 4.27. The maximum absolute atomic E-state index is 13.3. The predicted molar refractivity (Wildman–Crippen MR) is 137 cm³/mol. The number of anilines is 1. The van der Waals surface area contributed by atoms with Gasteiger partial charge in [0.25, 0.3) is 5.56 Å². The zero-order valence-corrected chi connectivity index (χ0v) is 21.4. The molecule has 1 aliphatic carbocycles. The van der Waals surface area contributed by atoms with Crippen molar-refractivity contribution in [1.29, 1.82) is 0 Å². The van der Waals surface area contributed by atoms with E-state index < -0.39 is 29.4 Å². The largest absolute Gasteiger partial charge is 0.462 e. The van der Waals surface area contributed by atoms with Crippen molar-refractivity contribution < 1.29 is 23.9 Å². The molecule has 2 aromatic heterocycles. The van der Waals surface area contributed by atoms with Gasteiger partial charge in [0.15, 0.2) is 0 Å². The highest BCUT2D eigenvalue weighted by molar-refractivity contribution is 7.20. The molecular weight excluding hydrogens is 482 g/mol. The van der Waals surface area contributed by atoms with Crippen LogP contribution in [0.4, 0.5) is 5.69 Å². The van der Waals surface area contributed by atoms with E-state index in [4.69, 9.17) is 9.47 Å². The molecule has 1 amide bonds. The maximum Gasteiger partial charge on any atom is 0.348 e. The molecule has 2 heterocycles. The first-order chi connectivity index (χ1) is 17.3. The summed E-state index contributed by atoms with van der Waals surface area (Å²) in [4.78, 5) is 56.0. The second-order valence-electron chi connectivity index (χ2n) is 8.82. The molecule has 1 aromatic carbocycles. The summed E-state index contributed by atoms with van der Waals surface area (Å²) in [6.45, 7) is 5.30. The number of aromatic nitrogens is 2. The number of carbonyl (C=O) groups is 3. The highest BCUT2D eigenvalue weighted by Crippen LogP contribution is 2.30. The lowest BCUT2D eigenvalue weighted by molar-refractivity contribution is -0.118. The fraction of sp³-hybridized carbons (Fsp3) is 0.423. The van der Waals surface area contributed by atoms with Gasteiger partial charge in [0, 0.05) is 5.69 Å². The van der Waals surface area contributed by atoms with Gasteiger partial charge in [-0.1, -0.05) is 6.42 Å². The van der Waals surface area contributed by atoms with Crippen LogP contribution >= 0.6 is 11.3 Å². The summed E-state index contributed by atoms with van der Waals surface area (Å²) >= 11 is 1.14. The number of carbonyl (C=O) groups excluding carboxylic acids is 3. The molecule has 1 saturated carbocycles. The van der Waals surface area contributed by atoms with Gasteiger partial charge < -0.3 is 14.8 Å². The molecule has 0 radical (unpaired) electrons. The second-order valence-corrected chi connectivity index (χ2v) is 9.82. The van der Waals surface area contributed by atoms with Gasteiger partial charge in [-0.2, -0.15) is 0 Å². The van der Waals surface area contributed by atoms with Crippen molar-refractivity contribution >= 4 is 45.1 Å². The third-order valence-electron chi connectivity index (χ3n) is 6.35. The van der Waals surface area contributed by atoms with Crippen LogP contribution in [0.5, 0.6) is 0 Å². The summed E-state index contributed by atoms with van der Waals surface area (Å²) in [5.41, 5.74) is 0.969. The SMILES string of the molecule is CCOC(=O)c1ccc(NC(=O)C(C)n2cnc3sc(C(=O)OC4CCCCC4)c(C)c3c2=O)cc1. The van der Waals surface area contributed by atoms with Crippen LogP contribution in [0.3, 0.4) is 0 Å². The second kappa shape index (κ2) is 11.0. The van der Waals surface area contributed by atoms with E-state index in [1.807, 2.05) is 0 Å². The van der Waals surface area contributed by atoms with E-state index in [0.29, 0.717) is 31.9 Å². The van der Waals surface area contributed by atoms with Crippen LogP contribution in [0.2, 0.25) is 0 Å². The van der Waals surface area contributed by atoms with Crippen LogP contribution in [0.15, 0.2) is 35.4 Å². The zero-order valence-electron chi connectivity index (χ0n) is 20.5. The number of ether oxygens (including phenoxy) is 2. The molecule has 10 heteroatoms. The van der Waals surface area contributed by atoms with Gasteiger partial charge in [-0.25, -0.2) is 14.6 Å². The van der Waals surface area contributed by atoms with Crippen molar-refractivity contribution in [3.63, 3.8) is 0 Å². The Balaban J connectivity index is 1.51. The number of esters is 2. The molecule has 190 valence electrons. The van der Waals surface area contributed by atoms with E-state index in [-0.39, 0.29) is 12.7 Å². The molecule has 0 bridgehead atoms. The minimum atomic E-state index is -0.865. The molecule has 3 aromatic rings. The van der Waals surface area contributed by atoms with E-state index in [9.17, 15) is 19.2 Å². The van der Waals surface area contributed by atoms with Crippen LogP contribution in [-0.2, 0) is 14.3 Å². The quantitative estimate of drug-likeness (QED) is 0.460. The molecule has 9 nitrogen and oxygen atoms in total. The maximum atomic E-state index is 13.3. The van der Waals surface area contributed by atoms with Crippen LogP contribution in [0.25, 0.3) is 10.2 Å². The van der Waals surface area contributed by atoms with Gasteiger partial charge in [0.05, 0.1) is 23.9 Å². The summed E-state index contributed by atoms with van der Waals surface area (Å²) < 4.78 is 11.9. The Hall–Kier alpha value is -3.53. The molecule has 0 aliphatic heterocycles. The molecule has 1 fully saturated rings. The predicted octanol–water partition coefficient (Wildman–Crippen LogP) is 4.63. The van der Waals surface area contributed by atoms with Crippen LogP contribution in [0.1, 0.15) is 77.6 Å². The molecule has 36 heavy (non-hydrogen) atoms. The Labute approximate surface area is 212 Å². The lowest BCUT2D eigenvalue weighted by Gasteiger charge is -2.21. The third kappa shape index (κ3) is 5.33. The first-order valence-electron chi connectivity index (χ1n) is 12.1. The highest BCUT2D eigenvalue weighted by atomic mass is 32.1. The first-order valence-corrected chi connectivity index (χ1v) is 12.9. The van der Waals surface area contributed by atoms with Crippen molar-refractivity contribution in [2.75, 3.05) is 11.9 Å². The minimum Gasteiger partial charge on any atom is -0.462 e. The van der Waals surface area contributed by atoms with Crippen molar-refractivity contribution in [2.24, 2.45) is 0 Å². The Kier molecular flexibility index (Phi) is 7.83. The average molecular weight is 512 g/mol. The molecule has 1 aliphatic rings. The molecule has 1 atom stereocenters. The summed E-state index contributed by atoms with van der Waals surface area (Å²) in [5.74, 6) is -1.29. The topological polar surface area (TPSA) is 117 Å². The van der Waals surface area contributed by atoms with E-state index in [1.54, 1.807) is 45.0 Å². The molecular formula is C26H29N3O6S. The number of amides is 1. The Morgan fingerprint density at radius 3 is 2.50 bits per heavy atom. The molecule has 4 rings (SSSR count). The van der Waals surface area contributed by atoms with Gasteiger partial charge in [-0.3, -0.25) is 14.2 Å². The normalized spacial score (nSPS) is 14.9. The smallest absolute Gasteiger partial charge is 0.348 e. The van der Waals surface area contributed by atoms with Crippen molar-refractivity contribution in [1.82, 2.24) is 9.55 Å². The van der Waals surface area contributed by atoms with Crippen LogP contribution < -0.4 is 10.9 Å². The number of nitrogens with one attached hydrogen (secondary N) is 1. The van der Waals surface area contributed by atoms with Gasteiger partial charge in [0.2, 0.25) is 5.91 Å². The Morgan fingerprint density at radius 2 is 1.83 bits per heavy atom. The Morgan fingerprint density at radius 1 is 1.14 bits per heavy atom. The van der Waals surface area contributed by atoms with E-state index >= 15 is 0 Å². The molecule has 1 unspecified atom stereocenters. The number of rotatable bonds is 7. The lowest BCUT2D eigenvalue weighted by atomic mass is 9.98. The standard InChI is InChI=1S/C26H29N3O6S/c1-4-34-25(32)17-10-12-18(13-11-17)28-22(30)16(3)29-14-27-23-20(24(29)31)15(2)21(36-23)26(33)35-19-8-6-5-7-9-19/h10-14,16,19H,4-9H2,1-3H3,(H,28,30). The first kappa shape index (κ1) is 25.6. The van der Waals surface area contributed by atoms with E-state index in [1.165, 1.54) is 10.9 Å². The van der Waals surface area contributed by atoms with Gasteiger partial charge in [-0.05, 0) is 76.3 Å². The summed E-state index contributed by atoms with van der Waals surface area (Å²) in [6.07, 6.45) is 6.21. The van der Waals surface area contributed by atoms with E-state index in [2.05, 4.69) is 10.3 Å². The minimum absolute atomic E-state index is 0.0874. The summed E-state index contributed by atoms with van der Waals surface area (Å²) in [7, 11) is 0. The van der Waals surface area contributed by atoms with Crippen molar-refractivity contribution in [3.05, 3.63) is 57.0 Å². The summed E-state index contributed by atoms with van der Waals surface area (Å²) in [6, 6.07) is 5.43. The van der Waals surface area contributed by atoms with Crippen molar-refractivity contribution in [3.8, 4) is 0 Å². The number of thiophene rings is 1. The fourth-order valence-corrected chi connectivity index (χ4v) is 5.30. The van der Waals surface area contributed by atoms with Gasteiger partial charge in [0.1, 0.15) is 21.9 Å². The number of fused-ring (bicyclic) bond motifs is 1. The third-order valence-corrected chi connectivity index (χ3v) is 7.53. The number of hydrogen-bond acceptors (Lipinski definition) is 8. The van der Waals surface area contributed by atoms with Crippen LogP contribution in [0, 0.1) is 6.92 Å². The number of hydrogen-bond donors (Lipinski definition) is 1. The molecule has 0 spiro atoms. The highest BCUT2D eigenvalue weighted by Gasteiger charge is 2.26. The summed E-state index contributed by atoms with van der Waals surface area (Å²) in [5, 5.41) is 3.06. The van der Waals surface area contributed by atoms with Gasteiger partial charge >= 0.3 is 11.9 Å². The Bertz CT molecular complexity index is 1340. The molecule has 0 saturated heterocycles. The lowest BCUT2D eigenvalue weighted by Crippen LogP contribution is -2.31. The number of nitrogens with zero attached hydrogens (tertiary/aromatic N) is 2. The van der Waals surface area contributed by atoms with Crippen molar-refractivity contribution in [2.45, 2.75) is 65.0 Å². The van der Waals surface area contributed by atoms with Gasteiger partial charge in [-0.15, -0.1) is 11.3 Å². The number of benzene rings is 1. The molecule has 1 N–H and O–H groups in total. The zero-order chi connectivity index (χ0) is 25.8. The van der Waals surface area contributed by atoms with Crippen LogP contribution in [-0.4, -0.2) is 40.1 Å². The van der Waals surface area contributed by atoms with E-state index in [0.717, 1.165) is 43.4 Å².